The summed E-state index contributed by atoms with van der Waals surface area (Å²) in [6.07, 6.45) is 0.793. The molecule has 0 amide bonds. The van der Waals surface area contributed by atoms with Crippen molar-refractivity contribution in [2.24, 2.45) is 0 Å². The van der Waals surface area contributed by atoms with Gasteiger partial charge in [0, 0.05) is 28.7 Å². The van der Waals surface area contributed by atoms with E-state index in [1.54, 1.807) is 0 Å². The first-order chi connectivity index (χ1) is 34.2. The summed E-state index contributed by atoms with van der Waals surface area (Å²) in [5.41, 5.74) is 21.3. The Balaban J connectivity index is 0.883. The van der Waals surface area contributed by atoms with Gasteiger partial charge >= 0.3 is 0 Å². The van der Waals surface area contributed by atoms with Crippen molar-refractivity contribution in [3.63, 3.8) is 0 Å². The average molecular weight is 905 g/mol. The molecular formula is C65H40N2Si2. The fourth-order valence-corrected chi connectivity index (χ4v) is 24.9. The highest BCUT2D eigenvalue weighted by atomic mass is 28.3. The molecule has 0 atom stereocenters. The maximum Gasteiger partial charge on any atom is 0.182 e. The molecule has 11 aromatic rings. The number of hydrogen-bond donors (Lipinski definition) is 0. The second-order valence-electron chi connectivity index (χ2n) is 19.4. The number of aromatic nitrogens is 2. The maximum atomic E-state index is 5.67. The second kappa shape index (κ2) is 13.7. The summed E-state index contributed by atoms with van der Waals surface area (Å²) in [6, 6.07) is 87.5. The van der Waals surface area contributed by atoms with Crippen LogP contribution in [-0.2, 0) is 6.42 Å². The third-order valence-corrected chi connectivity index (χ3v) is 26.3. The van der Waals surface area contributed by atoms with Crippen LogP contribution in [0.3, 0.4) is 0 Å². The van der Waals surface area contributed by atoms with Gasteiger partial charge in [-0.3, -0.25) is 0 Å². The molecule has 4 aliphatic heterocycles. The van der Waals surface area contributed by atoms with Crippen LogP contribution >= 0.6 is 0 Å². The highest BCUT2D eigenvalue weighted by Crippen LogP contribution is 2.45. The highest BCUT2D eigenvalue weighted by Gasteiger charge is 2.55. The minimum Gasteiger partial charge on any atom is -0.228 e. The van der Waals surface area contributed by atoms with Gasteiger partial charge in [0.05, 0.1) is 11.4 Å². The van der Waals surface area contributed by atoms with E-state index in [9.17, 15) is 0 Å². The van der Waals surface area contributed by atoms with Crippen molar-refractivity contribution in [2.45, 2.75) is 6.42 Å². The zero-order chi connectivity index (χ0) is 45.0. The second-order valence-corrected chi connectivity index (χ2v) is 26.7. The molecule has 5 heterocycles. The maximum absolute atomic E-state index is 5.67. The zero-order valence-corrected chi connectivity index (χ0v) is 39.5. The molecule has 0 bridgehead atoms. The molecule has 0 unspecified atom stereocenters. The van der Waals surface area contributed by atoms with Gasteiger partial charge < -0.3 is 0 Å². The van der Waals surface area contributed by atoms with Crippen molar-refractivity contribution in [1.29, 1.82) is 0 Å². The molecule has 2 nitrogen and oxygen atoms in total. The predicted molar refractivity (Wildman–Crippen MR) is 290 cm³/mol. The Morgan fingerprint density at radius 1 is 0.261 bits per heavy atom. The Labute approximate surface area is 403 Å². The van der Waals surface area contributed by atoms with Crippen LogP contribution in [-0.4, -0.2) is 26.1 Å². The standard InChI is InChI=1S/C65H40N2Si2/c1-2-16-40(17-3-1)63-54-37-43-31-30-41(42-32-34-51-49-22-8-14-28-59(49)68(61(51)38-42)55-24-10-4-18-45(55)46-19-5-11-25-56(46)68)36-53(43)64(54)67-65(66-63)44-33-35-52-50-23-9-15-29-60(50)69(62(52)39-44)57-26-12-6-20-47(57)48-21-7-13-27-58(48)69/h1-36,38-39H,37H2. The van der Waals surface area contributed by atoms with Crippen LogP contribution in [0.15, 0.2) is 231 Å². The van der Waals surface area contributed by atoms with Gasteiger partial charge in [0.15, 0.2) is 22.0 Å². The monoisotopic (exact) mass is 904 g/mol. The van der Waals surface area contributed by atoms with Crippen LogP contribution < -0.4 is 41.5 Å². The first kappa shape index (κ1) is 37.8. The third-order valence-electron chi connectivity index (χ3n) is 16.4. The van der Waals surface area contributed by atoms with E-state index in [-0.39, 0.29) is 0 Å². The van der Waals surface area contributed by atoms with Crippen LogP contribution in [0, 0.1) is 0 Å². The quantitative estimate of drug-likeness (QED) is 0.165. The summed E-state index contributed by atoms with van der Waals surface area (Å²) >= 11 is 0. The third kappa shape index (κ3) is 4.75. The lowest BCUT2D eigenvalue weighted by Crippen LogP contribution is -2.70. The molecule has 4 heteroatoms. The lowest BCUT2D eigenvalue weighted by molar-refractivity contribution is 1.13. The number of fused-ring (bicyclic) bond motifs is 23. The number of rotatable bonds is 3. The molecule has 1 aliphatic carbocycles. The molecule has 1 aromatic heterocycles. The molecule has 69 heavy (non-hydrogen) atoms. The SMILES string of the molecule is c1ccc(-c2nc(-c3ccc4c(c3)[Si]3(c5ccccc5-c5ccccc53)c3ccccc3-4)nc3c2Cc2ccc(-c4ccc5c(c4)[Si]4(c6ccccc6-c6ccccc64)c4ccccc4-5)cc2-3)cc1. The topological polar surface area (TPSA) is 25.8 Å². The Morgan fingerprint density at radius 2 is 0.623 bits per heavy atom. The molecule has 10 aromatic carbocycles. The van der Waals surface area contributed by atoms with Crippen molar-refractivity contribution in [1.82, 2.24) is 9.97 Å². The predicted octanol–water partition coefficient (Wildman–Crippen LogP) is 9.73. The van der Waals surface area contributed by atoms with Gasteiger partial charge in [0.25, 0.3) is 0 Å². The van der Waals surface area contributed by atoms with Crippen molar-refractivity contribution in [2.75, 3.05) is 0 Å². The minimum atomic E-state index is -2.65. The molecule has 0 radical (unpaired) electrons. The van der Waals surface area contributed by atoms with Crippen LogP contribution in [0.2, 0.25) is 0 Å². The highest BCUT2D eigenvalue weighted by molar-refractivity contribution is 7.25. The summed E-state index contributed by atoms with van der Waals surface area (Å²) in [6.45, 7) is 0. The summed E-state index contributed by atoms with van der Waals surface area (Å²) in [5, 5.41) is 11.8. The summed E-state index contributed by atoms with van der Waals surface area (Å²) in [4.78, 5) is 11.2. The van der Waals surface area contributed by atoms with Crippen molar-refractivity contribution < 1.29 is 0 Å². The van der Waals surface area contributed by atoms with E-state index in [0.29, 0.717) is 0 Å². The van der Waals surface area contributed by atoms with Crippen LogP contribution in [0.25, 0.3) is 89.5 Å². The van der Waals surface area contributed by atoms with Gasteiger partial charge in [0.2, 0.25) is 0 Å². The van der Waals surface area contributed by atoms with Crippen molar-refractivity contribution in [3.05, 3.63) is 242 Å². The van der Waals surface area contributed by atoms with E-state index >= 15 is 0 Å². The molecular weight excluding hydrogens is 865 g/mol. The summed E-state index contributed by atoms with van der Waals surface area (Å²) in [7, 11) is -5.23. The Hall–Kier alpha value is -8.29. The van der Waals surface area contributed by atoms with E-state index in [1.165, 1.54) is 114 Å². The average Bonchev–Trinajstić information content (AvgIpc) is 4.19. The van der Waals surface area contributed by atoms with Crippen LogP contribution in [0.4, 0.5) is 0 Å². The molecule has 0 saturated heterocycles. The van der Waals surface area contributed by atoms with E-state index in [4.69, 9.17) is 9.97 Å². The Bertz CT molecular complexity index is 3950. The van der Waals surface area contributed by atoms with E-state index in [2.05, 4.69) is 231 Å². The molecule has 0 N–H and O–H groups in total. The number of nitrogens with zero attached hydrogens (tertiary/aromatic N) is 2. The normalized spacial score (nSPS) is 14.6. The molecule has 318 valence electrons. The fourth-order valence-electron chi connectivity index (χ4n) is 13.7. The molecule has 5 aliphatic rings. The molecule has 2 spiro atoms. The van der Waals surface area contributed by atoms with Crippen molar-refractivity contribution in [3.8, 4) is 89.5 Å². The zero-order valence-electron chi connectivity index (χ0n) is 37.5. The lowest BCUT2D eigenvalue weighted by Gasteiger charge is -2.28. The summed E-state index contributed by atoms with van der Waals surface area (Å²) in [5.74, 6) is 0.773. The Kier molecular flexibility index (Phi) is 7.48. The summed E-state index contributed by atoms with van der Waals surface area (Å²) < 4.78 is 0. The first-order valence-electron chi connectivity index (χ1n) is 24.2. The number of hydrogen-bond acceptors (Lipinski definition) is 2. The van der Waals surface area contributed by atoms with E-state index in [1.807, 2.05) is 0 Å². The van der Waals surface area contributed by atoms with E-state index in [0.717, 1.165) is 34.8 Å². The van der Waals surface area contributed by atoms with Gasteiger partial charge in [-0.05, 0) is 109 Å². The fraction of sp³-hybridized carbons (Fsp3) is 0.0154. The van der Waals surface area contributed by atoms with Crippen LogP contribution in [0.5, 0.6) is 0 Å². The Morgan fingerprint density at radius 3 is 1.10 bits per heavy atom. The van der Waals surface area contributed by atoms with Crippen molar-refractivity contribution >= 4 is 57.6 Å². The smallest absolute Gasteiger partial charge is 0.182 e. The first-order valence-corrected chi connectivity index (χ1v) is 28.2. The lowest BCUT2D eigenvalue weighted by atomic mass is 9.97. The van der Waals surface area contributed by atoms with Crippen LogP contribution in [0.1, 0.15) is 11.1 Å². The van der Waals surface area contributed by atoms with Gasteiger partial charge in [-0.25, -0.2) is 9.97 Å². The van der Waals surface area contributed by atoms with E-state index < -0.39 is 16.1 Å². The largest absolute Gasteiger partial charge is 0.228 e. The number of benzene rings is 10. The van der Waals surface area contributed by atoms with Gasteiger partial charge in [0.1, 0.15) is 0 Å². The van der Waals surface area contributed by atoms with Gasteiger partial charge in [-0.15, -0.1) is 0 Å². The van der Waals surface area contributed by atoms with Gasteiger partial charge in [-0.2, -0.15) is 0 Å². The van der Waals surface area contributed by atoms with Gasteiger partial charge in [-0.1, -0.05) is 224 Å². The molecule has 0 fully saturated rings. The molecule has 16 rings (SSSR count). The minimum absolute atomic E-state index is 0.773. The molecule has 0 saturated carbocycles.